The summed E-state index contributed by atoms with van der Waals surface area (Å²) in [6, 6.07) is 15.9. The summed E-state index contributed by atoms with van der Waals surface area (Å²) in [5, 5.41) is 9.85. The minimum atomic E-state index is -0.260. The van der Waals surface area contributed by atoms with Gasteiger partial charge in [0.15, 0.2) is 5.96 Å². The SMILES string of the molecule is CCCNC(=O)c1cccc(CN=C(NCC)NC2CC(C)(C)Oc3ccccc32)c1.I. The zero-order chi connectivity index (χ0) is 22.3. The van der Waals surface area contributed by atoms with Gasteiger partial charge in [0.2, 0.25) is 0 Å². The summed E-state index contributed by atoms with van der Waals surface area (Å²) in [6.07, 6.45) is 1.75. The van der Waals surface area contributed by atoms with Gasteiger partial charge in [-0.05, 0) is 51.0 Å². The van der Waals surface area contributed by atoms with Crippen LogP contribution in [0.5, 0.6) is 5.75 Å². The van der Waals surface area contributed by atoms with Crippen molar-refractivity contribution in [3.63, 3.8) is 0 Å². The largest absolute Gasteiger partial charge is 0.487 e. The highest BCUT2D eigenvalue weighted by atomic mass is 127. The second-order valence-electron chi connectivity index (χ2n) is 8.45. The van der Waals surface area contributed by atoms with Gasteiger partial charge in [-0.3, -0.25) is 4.79 Å². The lowest BCUT2D eigenvalue weighted by Crippen LogP contribution is -2.45. The summed E-state index contributed by atoms with van der Waals surface area (Å²) in [4.78, 5) is 17.0. The van der Waals surface area contributed by atoms with Crippen LogP contribution in [-0.4, -0.2) is 30.6 Å². The number of halogens is 1. The highest BCUT2D eigenvalue weighted by Crippen LogP contribution is 2.39. The minimum absolute atomic E-state index is 0. The van der Waals surface area contributed by atoms with Gasteiger partial charge in [0, 0.05) is 30.6 Å². The molecule has 1 unspecified atom stereocenters. The first-order valence-corrected chi connectivity index (χ1v) is 11.1. The van der Waals surface area contributed by atoms with Gasteiger partial charge in [-0.1, -0.05) is 37.3 Å². The molecule has 6 nitrogen and oxygen atoms in total. The molecule has 7 heteroatoms. The molecule has 0 bridgehead atoms. The molecule has 1 heterocycles. The second kappa shape index (κ2) is 12.1. The van der Waals surface area contributed by atoms with Crippen molar-refractivity contribution in [3.05, 3.63) is 65.2 Å². The Labute approximate surface area is 208 Å². The van der Waals surface area contributed by atoms with Gasteiger partial charge in [-0.15, -0.1) is 24.0 Å². The van der Waals surface area contributed by atoms with Crippen LogP contribution in [0.1, 0.15) is 68.1 Å². The van der Waals surface area contributed by atoms with Crippen LogP contribution in [-0.2, 0) is 6.54 Å². The van der Waals surface area contributed by atoms with Gasteiger partial charge in [-0.25, -0.2) is 4.99 Å². The van der Waals surface area contributed by atoms with E-state index in [9.17, 15) is 4.79 Å². The number of aliphatic imine (C=N–C) groups is 1. The number of benzene rings is 2. The molecular weight excluding hydrogens is 515 g/mol. The molecule has 1 aliphatic heterocycles. The average molecular weight is 550 g/mol. The highest BCUT2D eigenvalue weighted by Gasteiger charge is 2.33. The van der Waals surface area contributed by atoms with E-state index in [0.29, 0.717) is 18.7 Å². The maximum Gasteiger partial charge on any atom is 0.251 e. The average Bonchev–Trinajstić information content (AvgIpc) is 2.75. The third-order valence-corrected chi connectivity index (χ3v) is 5.18. The molecule has 0 radical (unpaired) electrons. The molecule has 1 aliphatic rings. The Morgan fingerprint density at radius 1 is 1.12 bits per heavy atom. The summed E-state index contributed by atoms with van der Waals surface area (Å²) >= 11 is 0. The molecule has 0 saturated carbocycles. The van der Waals surface area contributed by atoms with Gasteiger partial charge >= 0.3 is 0 Å². The number of amides is 1. The van der Waals surface area contributed by atoms with Crippen LogP contribution in [0.2, 0.25) is 0 Å². The van der Waals surface area contributed by atoms with Gasteiger partial charge in [-0.2, -0.15) is 0 Å². The van der Waals surface area contributed by atoms with E-state index in [2.05, 4.69) is 42.8 Å². The lowest BCUT2D eigenvalue weighted by Gasteiger charge is -2.38. The van der Waals surface area contributed by atoms with E-state index in [1.165, 1.54) is 0 Å². The van der Waals surface area contributed by atoms with Gasteiger partial charge in [0.05, 0.1) is 12.6 Å². The van der Waals surface area contributed by atoms with E-state index in [0.717, 1.165) is 42.2 Å². The number of rotatable bonds is 7. The van der Waals surface area contributed by atoms with Crippen molar-refractivity contribution in [1.82, 2.24) is 16.0 Å². The molecule has 0 spiro atoms. The van der Waals surface area contributed by atoms with Crippen LogP contribution < -0.4 is 20.7 Å². The third-order valence-electron chi connectivity index (χ3n) is 5.18. The quantitative estimate of drug-likeness (QED) is 0.263. The van der Waals surface area contributed by atoms with Crippen LogP contribution >= 0.6 is 24.0 Å². The van der Waals surface area contributed by atoms with Crippen molar-refractivity contribution in [2.45, 2.75) is 58.7 Å². The molecule has 174 valence electrons. The van der Waals surface area contributed by atoms with Crippen LogP contribution in [0.25, 0.3) is 0 Å². The maximum absolute atomic E-state index is 12.3. The number of fused-ring (bicyclic) bond motifs is 1. The van der Waals surface area contributed by atoms with E-state index >= 15 is 0 Å². The summed E-state index contributed by atoms with van der Waals surface area (Å²) in [5.41, 5.74) is 2.54. The number of nitrogens with one attached hydrogen (secondary N) is 3. The lowest BCUT2D eigenvalue weighted by molar-refractivity contribution is 0.0694. The predicted molar refractivity (Wildman–Crippen MR) is 141 cm³/mol. The number of ether oxygens (including phenoxy) is 1. The molecule has 3 N–H and O–H groups in total. The first-order valence-electron chi connectivity index (χ1n) is 11.1. The maximum atomic E-state index is 12.3. The van der Waals surface area contributed by atoms with Crippen LogP contribution in [0.4, 0.5) is 0 Å². The number of hydrogen-bond donors (Lipinski definition) is 3. The van der Waals surface area contributed by atoms with E-state index in [4.69, 9.17) is 9.73 Å². The number of carbonyl (C=O) groups excluding carboxylic acids is 1. The van der Waals surface area contributed by atoms with Crippen molar-refractivity contribution in [1.29, 1.82) is 0 Å². The first-order chi connectivity index (χ1) is 14.9. The Kier molecular flexibility index (Phi) is 9.81. The van der Waals surface area contributed by atoms with Crippen molar-refractivity contribution in [3.8, 4) is 5.75 Å². The summed E-state index contributed by atoms with van der Waals surface area (Å²) < 4.78 is 6.15. The van der Waals surface area contributed by atoms with E-state index in [-0.39, 0.29) is 41.5 Å². The Morgan fingerprint density at radius 2 is 1.91 bits per heavy atom. The normalized spacial score (nSPS) is 16.8. The summed E-state index contributed by atoms with van der Waals surface area (Å²) in [7, 11) is 0. The molecular formula is C25H35IN4O2. The monoisotopic (exact) mass is 550 g/mol. The molecule has 0 saturated heterocycles. The number of carbonyl (C=O) groups is 1. The Balaban J connectivity index is 0.00000363. The second-order valence-corrected chi connectivity index (χ2v) is 8.45. The van der Waals surface area contributed by atoms with Gasteiger partial charge in [0.1, 0.15) is 11.4 Å². The zero-order valence-corrected chi connectivity index (χ0v) is 21.7. The molecule has 1 amide bonds. The third kappa shape index (κ3) is 7.12. The molecule has 2 aromatic carbocycles. The number of para-hydroxylation sites is 1. The standard InChI is InChI=1S/C25H34N4O2.HI/c1-5-14-27-23(30)19-11-9-10-18(15-19)17-28-24(26-6-2)29-21-16-25(3,4)31-22-13-8-7-12-20(21)22;/h7-13,15,21H,5-6,14,16-17H2,1-4H3,(H,27,30)(H2,26,28,29);1H. The lowest BCUT2D eigenvalue weighted by atomic mass is 9.90. The fraction of sp³-hybridized carbons (Fsp3) is 0.440. The Morgan fingerprint density at radius 3 is 2.66 bits per heavy atom. The molecule has 2 aromatic rings. The summed E-state index contributed by atoms with van der Waals surface area (Å²) in [5.74, 6) is 1.62. The van der Waals surface area contributed by atoms with E-state index in [1.54, 1.807) is 0 Å². The highest BCUT2D eigenvalue weighted by molar-refractivity contribution is 14.0. The van der Waals surface area contributed by atoms with Crippen LogP contribution in [0, 0.1) is 0 Å². The fourth-order valence-corrected chi connectivity index (χ4v) is 3.74. The Bertz CT molecular complexity index is 930. The smallest absolute Gasteiger partial charge is 0.251 e. The molecule has 32 heavy (non-hydrogen) atoms. The van der Waals surface area contributed by atoms with Crippen molar-refractivity contribution in [2.75, 3.05) is 13.1 Å². The molecule has 0 aromatic heterocycles. The predicted octanol–water partition coefficient (Wildman–Crippen LogP) is 4.80. The fourth-order valence-electron chi connectivity index (χ4n) is 3.74. The molecule has 3 rings (SSSR count). The number of guanidine groups is 1. The zero-order valence-electron chi connectivity index (χ0n) is 19.4. The van der Waals surface area contributed by atoms with Crippen molar-refractivity contribution < 1.29 is 9.53 Å². The summed E-state index contributed by atoms with van der Waals surface area (Å²) in [6.45, 7) is 10.2. The van der Waals surface area contributed by atoms with E-state index in [1.807, 2.05) is 49.4 Å². The minimum Gasteiger partial charge on any atom is -0.487 e. The van der Waals surface area contributed by atoms with Crippen molar-refractivity contribution >= 4 is 35.8 Å². The number of hydrogen-bond acceptors (Lipinski definition) is 3. The topological polar surface area (TPSA) is 74.8 Å². The van der Waals surface area contributed by atoms with Gasteiger partial charge < -0.3 is 20.7 Å². The number of nitrogens with zero attached hydrogens (tertiary/aromatic N) is 1. The van der Waals surface area contributed by atoms with Crippen LogP contribution in [0.3, 0.4) is 0 Å². The van der Waals surface area contributed by atoms with E-state index < -0.39 is 0 Å². The van der Waals surface area contributed by atoms with Crippen LogP contribution in [0.15, 0.2) is 53.5 Å². The van der Waals surface area contributed by atoms with Crippen molar-refractivity contribution in [2.24, 2.45) is 4.99 Å². The molecule has 0 fully saturated rings. The molecule has 0 aliphatic carbocycles. The molecule has 1 atom stereocenters. The Hall–Kier alpha value is -2.29. The first kappa shape index (κ1) is 26.0. The van der Waals surface area contributed by atoms with Gasteiger partial charge in [0.25, 0.3) is 5.91 Å².